The number of carbonyl (C=O) groups is 1. The van der Waals surface area contributed by atoms with Crippen molar-refractivity contribution in [2.45, 2.75) is 18.9 Å². The van der Waals surface area contributed by atoms with Crippen LogP contribution in [0.15, 0.2) is 0 Å². The fourth-order valence-electron chi connectivity index (χ4n) is 1.78. The molecule has 0 aromatic carbocycles. The van der Waals surface area contributed by atoms with Gasteiger partial charge in [0.05, 0.1) is 6.29 Å². The van der Waals surface area contributed by atoms with Crippen molar-refractivity contribution in [2.75, 3.05) is 19.4 Å². The van der Waals surface area contributed by atoms with Crippen LogP contribution in [0, 0.1) is 5.92 Å². The predicted octanol–water partition coefficient (Wildman–Crippen LogP) is -0.836. The van der Waals surface area contributed by atoms with Crippen molar-refractivity contribution < 1.29 is 24.3 Å². The number of aliphatic carboxylic acids is 1. The number of carboxylic acids is 1. The van der Waals surface area contributed by atoms with E-state index in [0.29, 0.717) is 19.5 Å². The highest BCUT2D eigenvalue weighted by Crippen LogP contribution is 2.32. The quantitative estimate of drug-likeness (QED) is 0.405. The van der Waals surface area contributed by atoms with Gasteiger partial charge in [0.1, 0.15) is 6.04 Å². The van der Waals surface area contributed by atoms with Crippen LogP contribution in [0.5, 0.6) is 0 Å². The minimum atomic E-state index is -4.01. The van der Waals surface area contributed by atoms with E-state index in [4.69, 9.17) is 14.9 Å². The van der Waals surface area contributed by atoms with Gasteiger partial charge in [0.15, 0.2) is 0 Å². The number of rotatable bonds is 5. The molecule has 5 N–H and O–H groups in total. The third-order valence-corrected chi connectivity index (χ3v) is 3.20. The largest absolute Gasteiger partial charge is 0.480 e. The van der Waals surface area contributed by atoms with Gasteiger partial charge < -0.3 is 25.5 Å². The minimum Gasteiger partial charge on any atom is -0.480 e. The van der Waals surface area contributed by atoms with Crippen molar-refractivity contribution in [3.05, 3.63) is 0 Å². The summed E-state index contributed by atoms with van der Waals surface area (Å²) in [4.78, 5) is 28.0. The van der Waals surface area contributed by atoms with Crippen LogP contribution < -0.4 is 10.6 Å². The van der Waals surface area contributed by atoms with Crippen molar-refractivity contribution in [1.29, 1.82) is 0 Å². The summed E-state index contributed by atoms with van der Waals surface area (Å²) >= 11 is 0. The van der Waals surface area contributed by atoms with Gasteiger partial charge in [-0.05, 0) is 31.8 Å². The number of hydrogen-bond donors (Lipinski definition) is 5. The monoisotopic (exact) mass is 252 g/mol. The lowest BCUT2D eigenvalue weighted by Gasteiger charge is -2.27. The van der Waals surface area contributed by atoms with Crippen LogP contribution in [0.2, 0.25) is 0 Å². The van der Waals surface area contributed by atoms with Gasteiger partial charge >= 0.3 is 13.6 Å². The van der Waals surface area contributed by atoms with Crippen LogP contribution in [0.1, 0.15) is 12.8 Å². The van der Waals surface area contributed by atoms with E-state index < -0.39 is 19.6 Å². The van der Waals surface area contributed by atoms with Gasteiger partial charge in [0, 0.05) is 0 Å². The van der Waals surface area contributed by atoms with Crippen LogP contribution in [0.3, 0.4) is 0 Å². The molecule has 0 radical (unpaired) electrons. The van der Waals surface area contributed by atoms with E-state index in [1.54, 1.807) is 0 Å². The molecule has 1 rings (SSSR count). The maximum absolute atomic E-state index is 10.7. The molecule has 1 aliphatic rings. The van der Waals surface area contributed by atoms with Gasteiger partial charge in [-0.1, -0.05) is 0 Å². The van der Waals surface area contributed by atoms with Crippen LogP contribution in [-0.2, 0) is 9.36 Å². The summed E-state index contributed by atoms with van der Waals surface area (Å²) in [6.45, 7) is 1.07. The SMILES string of the molecule is O=C(O)C1CC(CNCP(=O)(O)O)CCN1. The molecular weight excluding hydrogens is 235 g/mol. The van der Waals surface area contributed by atoms with Gasteiger partial charge in [-0.25, -0.2) is 0 Å². The zero-order chi connectivity index (χ0) is 12.2. The molecule has 1 heterocycles. The molecule has 0 aromatic heterocycles. The molecule has 0 aliphatic carbocycles. The van der Waals surface area contributed by atoms with Gasteiger partial charge in [-0.15, -0.1) is 0 Å². The minimum absolute atomic E-state index is 0.147. The van der Waals surface area contributed by atoms with Crippen LogP contribution >= 0.6 is 7.60 Å². The first-order chi connectivity index (χ1) is 7.38. The average molecular weight is 252 g/mol. The molecule has 7 nitrogen and oxygen atoms in total. The van der Waals surface area contributed by atoms with E-state index >= 15 is 0 Å². The molecule has 8 heteroatoms. The van der Waals surface area contributed by atoms with E-state index in [2.05, 4.69) is 10.6 Å². The maximum Gasteiger partial charge on any atom is 0.339 e. The van der Waals surface area contributed by atoms with Crippen LogP contribution in [-0.4, -0.2) is 46.3 Å². The van der Waals surface area contributed by atoms with E-state index in [1.807, 2.05) is 0 Å². The fraction of sp³-hybridized carbons (Fsp3) is 0.875. The first kappa shape index (κ1) is 13.6. The first-order valence-corrected chi connectivity index (χ1v) is 6.90. The molecule has 1 fully saturated rings. The van der Waals surface area contributed by atoms with Crippen molar-refractivity contribution in [3.8, 4) is 0 Å². The van der Waals surface area contributed by atoms with Crippen LogP contribution in [0.4, 0.5) is 0 Å². The van der Waals surface area contributed by atoms with E-state index in [-0.39, 0.29) is 12.2 Å². The summed E-state index contributed by atoms with van der Waals surface area (Å²) in [6, 6.07) is -0.546. The molecule has 0 aromatic rings. The average Bonchev–Trinajstić information content (AvgIpc) is 2.16. The molecule has 0 saturated carbocycles. The Balaban J connectivity index is 2.27. The van der Waals surface area contributed by atoms with Gasteiger partial charge in [-0.2, -0.15) is 0 Å². The third-order valence-electron chi connectivity index (χ3n) is 2.56. The maximum atomic E-state index is 10.7. The number of carboxylic acid groups (broad SMARTS) is 1. The summed E-state index contributed by atoms with van der Waals surface area (Å²) < 4.78 is 10.6. The molecule has 0 amide bonds. The summed E-state index contributed by atoms with van der Waals surface area (Å²) in [5.41, 5.74) is 0. The molecule has 1 saturated heterocycles. The summed E-state index contributed by atoms with van der Waals surface area (Å²) in [6.07, 6.45) is 0.954. The Morgan fingerprint density at radius 2 is 2.19 bits per heavy atom. The van der Waals surface area contributed by atoms with Gasteiger partial charge in [0.25, 0.3) is 0 Å². The van der Waals surface area contributed by atoms with Crippen molar-refractivity contribution >= 4 is 13.6 Å². The highest BCUT2D eigenvalue weighted by Gasteiger charge is 2.26. The molecule has 2 atom stereocenters. The zero-order valence-corrected chi connectivity index (χ0v) is 9.69. The lowest BCUT2D eigenvalue weighted by Crippen LogP contribution is -2.45. The lowest BCUT2D eigenvalue weighted by molar-refractivity contribution is -0.140. The van der Waals surface area contributed by atoms with Gasteiger partial charge in [0.2, 0.25) is 0 Å². The fourth-order valence-corrected chi connectivity index (χ4v) is 2.20. The highest BCUT2D eigenvalue weighted by atomic mass is 31.2. The second-order valence-electron chi connectivity index (χ2n) is 4.01. The Morgan fingerprint density at radius 3 is 2.75 bits per heavy atom. The second-order valence-corrected chi connectivity index (χ2v) is 5.66. The van der Waals surface area contributed by atoms with Crippen molar-refractivity contribution in [3.63, 3.8) is 0 Å². The highest BCUT2D eigenvalue weighted by molar-refractivity contribution is 7.51. The Bertz CT molecular complexity index is 292. The topological polar surface area (TPSA) is 119 Å². The Morgan fingerprint density at radius 1 is 1.50 bits per heavy atom. The van der Waals surface area contributed by atoms with E-state index in [1.165, 1.54) is 0 Å². The molecule has 0 spiro atoms. The molecule has 16 heavy (non-hydrogen) atoms. The smallest absolute Gasteiger partial charge is 0.339 e. The van der Waals surface area contributed by atoms with Crippen molar-refractivity contribution in [2.24, 2.45) is 5.92 Å². The van der Waals surface area contributed by atoms with Gasteiger partial charge in [-0.3, -0.25) is 9.36 Å². The predicted molar refractivity (Wildman–Crippen MR) is 57.1 cm³/mol. The molecule has 94 valence electrons. The Hall–Kier alpha value is -0.460. The zero-order valence-electron chi connectivity index (χ0n) is 8.80. The van der Waals surface area contributed by atoms with Crippen molar-refractivity contribution in [1.82, 2.24) is 10.6 Å². The molecule has 1 aliphatic heterocycles. The molecule has 2 unspecified atom stereocenters. The molecule has 0 bridgehead atoms. The number of piperidine rings is 1. The number of nitrogens with one attached hydrogen (secondary N) is 2. The normalized spacial score (nSPS) is 26.6. The van der Waals surface area contributed by atoms with E-state index in [9.17, 15) is 9.36 Å². The summed E-state index contributed by atoms with van der Waals surface area (Å²) in [5.74, 6) is -0.728. The Labute approximate surface area is 93.4 Å². The van der Waals surface area contributed by atoms with Crippen LogP contribution in [0.25, 0.3) is 0 Å². The molecular formula is C8H17N2O5P. The standard InChI is InChI=1S/C8H17N2O5P/c11-8(12)7-3-6(1-2-10-7)4-9-5-16(13,14)15/h6-7,9-10H,1-5H2,(H,11,12)(H2,13,14,15). The van der Waals surface area contributed by atoms with E-state index in [0.717, 1.165) is 6.42 Å². The first-order valence-electron chi connectivity index (χ1n) is 5.10. The summed E-state index contributed by atoms with van der Waals surface area (Å²) in [7, 11) is -4.01. The third kappa shape index (κ3) is 5.05. The number of hydrogen-bond acceptors (Lipinski definition) is 4. The Kier molecular flexibility index (Phi) is 4.89. The summed E-state index contributed by atoms with van der Waals surface area (Å²) in [5, 5.41) is 14.3. The second kappa shape index (κ2) is 5.75. The lowest BCUT2D eigenvalue weighted by atomic mass is 9.92.